The van der Waals surface area contributed by atoms with E-state index in [1.165, 1.54) is 12.1 Å². The molecule has 2 aromatic heterocycles. The number of hydrogen-bond acceptors (Lipinski definition) is 6. The highest BCUT2D eigenvalue weighted by atomic mass is 32.2. The van der Waals surface area contributed by atoms with Crippen LogP contribution in [-0.2, 0) is 10.0 Å². The third kappa shape index (κ3) is 5.47. The maximum absolute atomic E-state index is 12.6. The minimum Gasteiger partial charge on any atom is -0.322 e. The first-order chi connectivity index (χ1) is 14.1. The third-order valence-electron chi connectivity index (χ3n) is 3.88. The number of sulfonamides is 1. The van der Waals surface area contributed by atoms with E-state index in [2.05, 4.69) is 35.0 Å². The molecule has 0 radical (unpaired) electrons. The zero-order valence-electron chi connectivity index (χ0n) is 17.1. The van der Waals surface area contributed by atoms with Crippen molar-refractivity contribution in [1.29, 1.82) is 0 Å². The number of rotatable bonds is 5. The lowest BCUT2D eigenvalue weighted by Gasteiger charge is -2.08. The Kier molecular flexibility index (Phi) is 5.92. The second kappa shape index (κ2) is 8.41. The van der Waals surface area contributed by atoms with E-state index in [1.54, 1.807) is 32.0 Å². The molecule has 0 saturated carbocycles. The number of hydrogen-bond donors (Lipinski definition) is 4. The van der Waals surface area contributed by atoms with Gasteiger partial charge in [-0.1, -0.05) is 0 Å². The monoisotopic (exact) mass is 427 g/mol. The minimum absolute atomic E-state index is 0.0323. The molecule has 2 heterocycles. The molecule has 1 aromatic carbocycles. The summed E-state index contributed by atoms with van der Waals surface area (Å²) in [6.07, 6.45) is 0. The largest absolute Gasteiger partial charge is 0.354 e. The fourth-order valence-electron chi connectivity index (χ4n) is 2.76. The van der Waals surface area contributed by atoms with E-state index in [0.717, 1.165) is 11.4 Å². The van der Waals surface area contributed by atoms with Crippen LogP contribution >= 0.6 is 0 Å². The topological polar surface area (TPSA) is 150 Å². The number of anilines is 2. The molecule has 3 rings (SSSR count). The van der Waals surface area contributed by atoms with E-state index < -0.39 is 10.0 Å². The lowest BCUT2D eigenvalue weighted by molar-refractivity contribution is -0.365. The van der Waals surface area contributed by atoms with Crippen molar-refractivity contribution in [2.45, 2.75) is 32.6 Å². The van der Waals surface area contributed by atoms with Gasteiger partial charge in [0.25, 0.3) is 16.0 Å². The molecule has 0 fully saturated rings. The first-order valence-corrected chi connectivity index (χ1v) is 10.5. The van der Waals surface area contributed by atoms with Crippen LogP contribution in [0.5, 0.6) is 0 Å². The summed E-state index contributed by atoms with van der Waals surface area (Å²) in [5.74, 6) is 0.608. The Bertz CT molecular complexity index is 1170. The Morgan fingerprint density at radius 3 is 1.90 bits per heavy atom. The van der Waals surface area contributed by atoms with Crippen molar-refractivity contribution in [2.24, 2.45) is 5.73 Å². The number of aromatic nitrogens is 4. The standard InChI is InChI=1S/C19H22N8O2S/c1-11-9-12(2)22-18(21-11)26-17(20)25-15-5-7-16(8-6-15)30(28,29)27-19-23-13(3)10-14(4)24-19/h5-10H,1-4H3,(H,23,24,27)(H3,20,21,22,25,26)/p+1. The Morgan fingerprint density at radius 2 is 1.37 bits per heavy atom. The van der Waals surface area contributed by atoms with E-state index in [0.29, 0.717) is 23.0 Å². The van der Waals surface area contributed by atoms with Gasteiger partial charge in [-0.2, -0.15) is 0 Å². The van der Waals surface area contributed by atoms with Crippen molar-refractivity contribution >= 4 is 33.6 Å². The number of nitrogens with one attached hydrogen (secondary N) is 3. The van der Waals surface area contributed by atoms with Crippen molar-refractivity contribution in [1.82, 2.24) is 19.9 Å². The van der Waals surface area contributed by atoms with Gasteiger partial charge in [-0.15, -0.1) is 9.97 Å². The Hall–Kier alpha value is -3.60. The quantitative estimate of drug-likeness (QED) is 0.338. The van der Waals surface area contributed by atoms with Crippen LogP contribution in [0.4, 0.5) is 17.6 Å². The van der Waals surface area contributed by atoms with E-state index in [1.807, 2.05) is 19.9 Å². The first kappa shape index (κ1) is 21.1. The van der Waals surface area contributed by atoms with Crippen LogP contribution in [0.1, 0.15) is 22.8 Å². The predicted molar refractivity (Wildman–Crippen MR) is 114 cm³/mol. The lowest BCUT2D eigenvalue weighted by Crippen LogP contribution is -2.72. The van der Waals surface area contributed by atoms with Crippen LogP contribution in [0.15, 0.2) is 41.3 Å². The summed E-state index contributed by atoms with van der Waals surface area (Å²) in [6.45, 7) is 7.26. The van der Waals surface area contributed by atoms with E-state index in [-0.39, 0.29) is 16.8 Å². The second-order valence-electron chi connectivity index (χ2n) is 6.74. The van der Waals surface area contributed by atoms with Crippen LogP contribution in [-0.4, -0.2) is 34.3 Å². The van der Waals surface area contributed by atoms with E-state index >= 15 is 0 Å². The van der Waals surface area contributed by atoms with Gasteiger partial charge in [0, 0.05) is 17.5 Å². The molecule has 30 heavy (non-hydrogen) atoms. The summed E-state index contributed by atoms with van der Waals surface area (Å²) in [6, 6.07) is 9.70. The van der Waals surface area contributed by atoms with Crippen molar-refractivity contribution in [2.75, 3.05) is 10.0 Å². The SMILES string of the molecule is Cc1cc(C)nc(NS(=O)(=O)c2ccc(NC(N)=[NH+]c3nc(C)cc(C)n3)cc2)n1. The van der Waals surface area contributed by atoms with Crippen molar-refractivity contribution in [3.05, 3.63) is 59.2 Å². The normalized spacial score (nSPS) is 11.9. The molecule has 0 aliphatic rings. The summed E-state index contributed by atoms with van der Waals surface area (Å²) in [5.41, 5.74) is 9.52. The van der Waals surface area contributed by atoms with Crippen LogP contribution in [0.25, 0.3) is 0 Å². The van der Waals surface area contributed by atoms with Crippen molar-refractivity contribution < 1.29 is 13.4 Å². The highest BCUT2D eigenvalue weighted by molar-refractivity contribution is 7.92. The smallest absolute Gasteiger partial charge is 0.322 e. The van der Waals surface area contributed by atoms with Crippen LogP contribution < -0.4 is 20.8 Å². The average Bonchev–Trinajstić information content (AvgIpc) is 2.59. The highest BCUT2D eigenvalue weighted by Gasteiger charge is 2.16. The minimum atomic E-state index is -3.83. The molecule has 3 aromatic rings. The van der Waals surface area contributed by atoms with Crippen molar-refractivity contribution in [3.63, 3.8) is 0 Å². The summed E-state index contributed by atoms with van der Waals surface area (Å²) < 4.78 is 27.6. The molecule has 0 atom stereocenters. The zero-order chi connectivity index (χ0) is 21.9. The van der Waals surface area contributed by atoms with Crippen LogP contribution in [0, 0.1) is 27.7 Å². The third-order valence-corrected chi connectivity index (χ3v) is 5.22. The molecule has 0 saturated heterocycles. The van der Waals surface area contributed by atoms with Gasteiger partial charge in [-0.05, 0) is 58.0 Å². The first-order valence-electron chi connectivity index (χ1n) is 9.05. The van der Waals surface area contributed by atoms with E-state index in [9.17, 15) is 8.42 Å². The number of nitrogens with two attached hydrogens (primary N) is 1. The molecule has 0 aliphatic carbocycles. The van der Waals surface area contributed by atoms with Gasteiger partial charge in [0.15, 0.2) is 0 Å². The van der Waals surface area contributed by atoms with Gasteiger partial charge in [0.05, 0.1) is 22.0 Å². The average molecular weight is 428 g/mol. The van der Waals surface area contributed by atoms with Gasteiger partial charge in [-0.3, -0.25) is 5.32 Å². The Labute approximate surface area is 174 Å². The van der Waals surface area contributed by atoms with Crippen molar-refractivity contribution in [3.8, 4) is 0 Å². The van der Waals surface area contributed by atoms with Crippen LogP contribution in [0.2, 0.25) is 0 Å². The molecule has 0 spiro atoms. The Morgan fingerprint density at radius 1 is 0.867 bits per heavy atom. The maximum atomic E-state index is 12.6. The van der Waals surface area contributed by atoms with Gasteiger partial charge >= 0.3 is 5.95 Å². The lowest BCUT2D eigenvalue weighted by atomic mass is 10.3. The molecule has 0 amide bonds. The predicted octanol–water partition coefficient (Wildman–Crippen LogP) is 0.440. The molecule has 0 aliphatic heterocycles. The fourth-order valence-corrected chi connectivity index (χ4v) is 3.70. The molecular formula is C19H23N8O2S+. The second-order valence-corrected chi connectivity index (χ2v) is 8.42. The van der Waals surface area contributed by atoms with Gasteiger partial charge in [0.1, 0.15) is 0 Å². The molecule has 10 nitrogen and oxygen atoms in total. The van der Waals surface area contributed by atoms with E-state index in [4.69, 9.17) is 5.73 Å². The molecule has 5 N–H and O–H groups in total. The summed E-state index contributed by atoms with van der Waals surface area (Å²) in [7, 11) is -3.83. The molecule has 11 heteroatoms. The number of benzene rings is 1. The molecule has 156 valence electrons. The highest BCUT2D eigenvalue weighted by Crippen LogP contribution is 2.16. The number of nitrogens with zero attached hydrogens (tertiary/aromatic N) is 4. The van der Waals surface area contributed by atoms with Crippen LogP contribution in [0.3, 0.4) is 0 Å². The molecule has 0 unspecified atom stereocenters. The number of aryl methyl sites for hydroxylation is 4. The van der Waals surface area contributed by atoms with Gasteiger partial charge in [-0.25, -0.2) is 28.1 Å². The molecular weight excluding hydrogens is 404 g/mol. The Balaban J connectivity index is 1.74. The summed E-state index contributed by atoms with van der Waals surface area (Å²) in [4.78, 5) is 19.6. The summed E-state index contributed by atoms with van der Waals surface area (Å²) >= 11 is 0. The zero-order valence-corrected chi connectivity index (χ0v) is 17.9. The maximum Gasteiger partial charge on any atom is 0.354 e. The molecule has 0 bridgehead atoms. The fraction of sp³-hybridized carbons (Fsp3) is 0.211. The van der Waals surface area contributed by atoms with Gasteiger partial charge in [0.2, 0.25) is 5.95 Å². The van der Waals surface area contributed by atoms with Gasteiger partial charge < -0.3 is 5.73 Å². The number of guanidine groups is 1. The summed E-state index contributed by atoms with van der Waals surface area (Å²) in [5, 5.41) is 2.94.